The van der Waals surface area contributed by atoms with Crippen LogP contribution in [0.4, 0.5) is 0 Å². The fourth-order valence-corrected chi connectivity index (χ4v) is 3.02. The minimum absolute atomic E-state index is 0.167. The molecule has 1 saturated heterocycles. The molecule has 0 aromatic carbocycles. The van der Waals surface area contributed by atoms with E-state index in [-0.39, 0.29) is 17.4 Å². The monoisotopic (exact) mass is 278 g/mol. The number of nitrogens with one attached hydrogen (secondary N) is 2. The molecule has 1 aromatic heterocycles. The summed E-state index contributed by atoms with van der Waals surface area (Å²) in [5.74, 6) is 2.17. The first kappa shape index (κ1) is 13.4. The Morgan fingerprint density at radius 1 is 1.55 bits per heavy atom. The van der Waals surface area contributed by atoms with Crippen molar-refractivity contribution in [2.45, 2.75) is 19.4 Å². The smallest absolute Gasteiger partial charge is 0.224 e. The summed E-state index contributed by atoms with van der Waals surface area (Å²) in [5, 5.41) is 10.5. The summed E-state index contributed by atoms with van der Waals surface area (Å²) in [6, 6.07) is 1.81. The summed E-state index contributed by atoms with van der Waals surface area (Å²) in [5.41, 5.74) is -0.383. The van der Waals surface area contributed by atoms with Crippen molar-refractivity contribution in [1.29, 1.82) is 0 Å². The van der Waals surface area contributed by atoms with E-state index in [9.17, 15) is 4.79 Å². The zero-order valence-electron chi connectivity index (χ0n) is 12.2. The first-order valence-corrected chi connectivity index (χ1v) is 7.11. The fourth-order valence-electron chi connectivity index (χ4n) is 3.02. The van der Waals surface area contributed by atoms with Crippen LogP contribution in [0.5, 0.6) is 5.88 Å². The van der Waals surface area contributed by atoms with Crippen molar-refractivity contribution >= 4 is 5.91 Å². The van der Waals surface area contributed by atoms with Gasteiger partial charge in [-0.25, -0.2) is 4.68 Å². The van der Waals surface area contributed by atoms with Crippen LogP contribution >= 0.6 is 0 Å². The molecule has 1 saturated carbocycles. The van der Waals surface area contributed by atoms with Crippen molar-refractivity contribution in [3.05, 3.63) is 12.3 Å². The third kappa shape index (κ3) is 2.52. The third-order valence-electron chi connectivity index (χ3n) is 4.21. The van der Waals surface area contributed by atoms with E-state index in [2.05, 4.69) is 15.7 Å². The molecular weight excluding hydrogens is 256 g/mol. The number of aromatic nitrogens is 2. The Hall–Kier alpha value is -1.56. The highest BCUT2D eigenvalue weighted by Crippen LogP contribution is 2.48. The quantitative estimate of drug-likeness (QED) is 0.805. The van der Waals surface area contributed by atoms with Crippen LogP contribution in [0.2, 0.25) is 0 Å². The molecule has 3 rings (SSSR count). The summed E-state index contributed by atoms with van der Waals surface area (Å²) in [4.78, 5) is 12.3. The van der Waals surface area contributed by atoms with Crippen molar-refractivity contribution in [2.24, 2.45) is 24.8 Å². The first-order chi connectivity index (χ1) is 9.48. The van der Waals surface area contributed by atoms with Crippen LogP contribution in [0.25, 0.3) is 0 Å². The Kier molecular flexibility index (Phi) is 3.20. The topological polar surface area (TPSA) is 68.2 Å². The second-order valence-corrected chi connectivity index (χ2v) is 6.47. The van der Waals surface area contributed by atoms with Gasteiger partial charge in [-0.2, -0.15) is 5.10 Å². The number of amides is 1. The van der Waals surface area contributed by atoms with Gasteiger partial charge < -0.3 is 15.4 Å². The van der Waals surface area contributed by atoms with Crippen LogP contribution < -0.4 is 15.4 Å². The van der Waals surface area contributed by atoms with Gasteiger partial charge >= 0.3 is 0 Å². The zero-order valence-corrected chi connectivity index (χ0v) is 12.2. The maximum Gasteiger partial charge on any atom is 0.224 e. The number of carbonyl (C=O) groups excluding carboxylic acids is 1. The Bertz CT molecular complexity index is 501. The molecule has 1 aliphatic heterocycles. The lowest BCUT2D eigenvalue weighted by molar-refractivity contribution is -0.125. The van der Waals surface area contributed by atoms with Gasteiger partial charge in [0.25, 0.3) is 0 Å². The van der Waals surface area contributed by atoms with Gasteiger partial charge in [-0.1, -0.05) is 0 Å². The van der Waals surface area contributed by atoms with E-state index in [4.69, 9.17) is 4.74 Å². The summed E-state index contributed by atoms with van der Waals surface area (Å²) in [7, 11) is 1.83. The maximum absolute atomic E-state index is 12.3. The molecular formula is C14H22N4O2. The van der Waals surface area contributed by atoms with E-state index in [1.54, 1.807) is 10.9 Å². The number of fused-ring (bicyclic) bond motifs is 1. The summed E-state index contributed by atoms with van der Waals surface area (Å²) in [6.07, 6.45) is 1.69. The van der Waals surface area contributed by atoms with Crippen molar-refractivity contribution in [2.75, 3.05) is 19.7 Å². The number of piperidine rings is 1. The van der Waals surface area contributed by atoms with Crippen molar-refractivity contribution in [1.82, 2.24) is 20.4 Å². The number of aryl methyl sites for hydroxylation is 1. The molecule has 0 radical (unpaired) electrons. The lowest BCUT2D eigenvalue weighted by Crippen LogP contribution is -2.49. The number of nitrogens with zero attached hydrogens (tertiary/aromatic N) is 2. The van der Waals surface area contributed by atoms with Gasteiger partial charge in [0, 0.05) is 19.0 Å². The van der Waals surface area contributed by atoms with Crippen LogP contribution in [0, 0.1) is 17.8 Å². The van der Waals surface area contributed by atoms with Crippen LogP contribution in [0.15, 0.2) is 12.3 Å². The highest BCUT2D eigenvalue weighted by atomic mass is 16.5. The van der Waals surface area contributed by atoms with Crippen LogP contribution in [0.3, 0.4) is 0 Å². The molecule has 1 unspecified atom stereocenters. The molecule has 3 atom stereocenters. The number of carbonyl (C=O) groups is 1. The minimum Gasteiger partial charge on any atom is -0.475 e. The second kappa shape index (κ2) is 4.77. The van der Waals surface area contributed by atoms with Gasteiger partial charge in [0.2, 0.25) is 11.8 Å². The van der Waals surface area contributed by atoms with Crippen LogP contribution in [-0.4, -0.2) is 40.9 Å². The molecule has 6 heteroatoms. The molecule has 1 aliphatic carbocycles. The predicted octanol–water partition coefficient (Wildman–Crippen LogP) is 0.159. The minimum atomic E-state index is -0.383. The Balaban J connectivity index is 1.51. The van der Waals surface area contributed by atoms with E-state index in [1.165, 1.54) is 0 Å². The average molecular weight is 278 g/mol. The molecule has 0 spiro atoms. The Morgan fingerprint density at radius 3 is 2.85 bits per heavy atom. The fraction of sp³-hybridized carbons (Fsp3) is 0.714. The van der Waals surface area contributed by atoms with E-state index in [1.807, 2.05) is 27.0 Å². The second-order valence-electron chi connectivity index (χ2n) is 6.47. The van der Waals surface area contributed by atoms with Crippen molar-refractivity contribution in [3.63, 3.8) is 0 Å². The molecule has 0 bridgehead atoms. The summed E-state index contributed by atoms with van der Waals surface area (Å²) >= 11 is 0. The number of rotatable bonds is 5. The average Bonchev–Trinajstić information content (AvgIpc) is 2.74. The van der Waals surface area contributed by atoms with E-state index >= 15 is 0 Å². The van der Waals surface area contributed by atoms with E-state index < -0.39 is 0 Å². The van der Waals surface area contributed by atoms with Gasteiger partial charge in [0.05, 0.1) is 11.7 Å². The molecule has 2 fully saturated rings. The lowest BCUT2D eigenvalue weighted by Gasteiger charge is -2.26. The van der Waals surface area contributed by atoms with Gasteiger partial charge in [0.1, 0.15) is 6.61 Å². The predicted molar refractivity (Wildman–Crippen MR) is 74.3 cm³/mol. The molecule has 2 aliphatic rings. The van der Waals surface area contributed by atoms with Crippen molar-refractivity contribution < 1.29 is 9.53 Å². The van der Waals surface area contributed by atoms with E-state index in [0.717, 1.165) is 13.1 Å². The highest BCUT2D eigenvalue weighted by molar-refractivity contribution is 5.83. The van der Waals surface area contributed by atoms with Gasteiger partial charge in [-0.05, 0) is 38.8 Å². The lowest BCUT2D eigenvalue weighted by atomic mass is 10.1. The molecule has 2 heterocycles. The van der Waals surface area contributed by atoms with Gasteiger partial charge in [-0.15, -0.1) is 0 Å². The summed E-state index contributed by atoms with van der Waals surface area (Å²) < 4.78 is 7.39. The SMILES string of the molecule is Cn1nccc1OCC(C)(C)NC(=O)C1[C@H]2CNC[C@@H]12. The highest BCUT2D eigenvalue weighted by Gasteiger charge is 2.57. The van der Waals surface area contributed by atoms with E-state index in [0.29, 0.717) is 24.3 Å². The molecule has 1 amide bonds. The molecule has 110 valence electrons. The Labute approximate surface area is 118 Å². The molecule has 1 aromatic rings. The largest absolute Gasteiger partial charge is 0.475 e. The Morgan fingerprint density at radius 2 is 2.25 bits per heavy atom. The summed E-state index contributed by atoms with van der Waals surface area (Å²) in [6.45, 7) is 6.36. The van der Waals surface area contributed by atoms with Crippen molar-refractivity contribution in [3.8, 4) is 5.88 Å². The zero-order chi connectivity index (χ0) is 14.3. The number of ether oxygens (including phenoxy) is 1. The van der Waals surface area contributed by atoms with Crippen LogP contribution in [-0.2, 0) is 11.8 Å². The number of hydrogen-bond acceptors (Lipinski definition) is 4. The number of hydrogen-bond donors (Lipinski definition) is 2. The first-order valence-electron chi connectivity index (χ1n) is 7.11. The maximum atomic E-state index is 12.3. The molecule has 20 heavy (non-hydrogen) atoms. The molecule has 6 nitrogen and oxygen atoms in total. The van der Waals surface area contributed by atoms with Crippen LogP contribution in [0.1, 0.15) is 13.8 Å². The van der Waals surface area contributed by atoms with Gasteiger partial charge in [-0.3, -0.25) is 4.79 Å². The third-order valence-corrected chi connectivity index (χ3v) is 4.21. The van der Waals surface area contributed by atoms with Gasteiger partial charge in [0.15, 0.2) is 0 Å². The normalized spacial score (nSPS) is 28.1. The standard InChI is InChI=1S/C14H22N4O2/c1-14(2,8-20-11-4-5-16-18(11)3)17-13(19)12-9-6-15-7-10(9)12/h4-5,9-10,12,15H,6-8H2,1-3H3,(H,17,19)/t9-,10+,12?. The molecule has 2 N–H and O–H groups in total.